The highest BCUT2D eigenvalue weighted by Gasteiger charge is 2.27. The standard InChI is InChI=1S/C21H27N3O4S/c1-3-28-20-7-5-4-6-19(20)22-21(25)24-14-12-17(13-15-24)23-29(26,27)18-10-8-16(2)9-11-18/h4-11,17,23H,3,12-15H2,1-2H3,(H,22,25). The summed E-state index contributed by atoms with van der Waals surface area (Å²) in [6, 6.07) is 13.7. The topological polar surface area (TPSA) is 87.7 Å². The summed E-state index contributed by atoms with van der Waals surface area (Å²) in [4.78, 5) is 14.5. The minimum absolute atomic E-state index is 0.193. The number of ether oxygens (including phenoxy) is 1. The predicted octanol–water partition coefficient (Wildman–Crippen LogP) is 3.37. The highest BCUT2D eigenvalue weighted by molar-refractivity contribution is 7.89. The summed E-state index contributed by atoms with van der Waals surface area (Å²) in [5.41, 5.74) is 1.63. The quantitative estimate of drug-likeness (QED) is 0.754. The average molecular weight is 418 g/mol. The molecule has 0 radical (unpaired) electrons. The van der Waals surface area contributed by atoms with Crippen molar-refractivity contribution in [2.45, 2.75) is 37.6 Å². The maximum Gasteiger partial charge on any atom is 0.321 e. The molecule has 156 valence electrons. The molecule has 1 fully saturated rings. The Kier molecular flexibility index (Phi) is 6.76. The SMILES string of the molecule is CCOc1ccccc1NC(=O)N1CCC(NS(=O)(=O)c2ccc(C)cc2)CC1. The minimum atomic E-state index is -3.56. The van der Waals surface area contributed by atoms with Gasteiger partial charge in [-0.2, -0.15) is 0 Å². The van der Waals surface area contributed by atoms with Crippen LogP contribution < -0.4 is 14.8 Å². The second kappa shape index (κ2) is 9.28. The zero-order chi connectivity index (χ0) is 20.9. The molecule has 0 saturated carbocycles. The number of urea groups is 1. The molecule has 8 heteroatoms. The van der Waals surface area contributed by atoms with Gasteiger partial charge < -0.3 is 15.0 Å². The maximum absolute atomic E-state index is 12.6. The van der Waals surface area contributed by atoms with Gasteiger partial charge in [0, 0.05) is 19.1 Å². The van der Waals surface area contributed by atoms with Gasteiger partial charge in [-0.05, 0) is 51.0 Å². The number of amides is 2. The fourth-order valence-electron chi connectivity index (χ4n) is 3.25. The third-order valence-corrected chi connectivity index (χ3v) is 6.40. The fourth-order valence-corrected chi connectivity index (χ4v) is 4.56. The van der Waals surface area contributed by atoms with Crippen LogP contribution in [0.4, 0.5) is 10.5 Å². The third kappa shape index (κ3) is 5.48. The highest BCUT2D eigenvalue weighted by atomic mass is 32.2. The third-order valence-electron chi connectivity index (χ3n) is 4.86. The van der Waals surface area contributed by atoms with E-state index in [0.29, 0.717) is 44.0 Å². The Balaban J connectivity index is 1.55. The first-order valence-corrected chi connectivity index (χ1v) is 11.2. The zero-order valence-corrected chi connectivity index (χ0v) is 17.5. The van der Waals surface area contributed by atoms with Crippen molar-refractivity contribution in [3.8, 4) is 5.75 Å². The van der Waals surface area contributed by atoms with E-state index in [0.717, 1.165) is 5.56 Å². The summed E-state index contributed by atoms with van der Waals surface area (Å²) in [6.45, 7) is 5.27. The van der Waals surface area contributed by atoms with Crippen molar-refractivity contribution in [3.05, 3.63) is 54.1 Å². The Bertz CT molecular complexity index is 937. The first-order chi connectivity index (χ1) is 13.9. The van der Waals surface area contributed by atoms with Crippen molar-refractivity contribution in [3.63, 3.8) is 0 Å². The molecule has 1 saturated heterocycles. The lowest BCUT2D eigenvalue weighted by Crippen LogP contribution is -2.47. The first kappa shape index (κ1) is 21.1. The van der Waals surface area contributed by atoms with Gasteiger partial charge in [-0.3, -0.25) is 0 Å². The fraction of sp³-hybridized carbons (Fsp3) is 0.381. The van der Waals surface area contributed by atoms with Crippen molar-refractivity contribution >= 4 is 21.7 Å². The zero-order valence-electron chi connectivity index (χ0n) is 16.7. The molecule has 3 rings (SSSR count). The van der Waals surface area contributed by atoms with E-state index < -0.39 is 10.0 Å². The van der Waals surface area contributed by atoms with Gasteiger partial charge in [-0.15, -0.1) is 0 Å². The molecule has 2 amide bonds. The molecule has 7 nitrogen and oxygen atoms in total. The summed E-state index contributed by atoms with van der Waals surface area (Å²) in [5.74, 6) is 0.629. The number of likely N-dealkylation sites (tertiary alicyclic amines) is 1. The number of hydrogen-bond acceptors (Lipinski definition) is 4. The molecule has 0 aliphatic carbocycles. The van der Waals surface area contributed by atoms with E-state index in [9.17, 15) is 13.2 Å². The van der Waals surface area contributed by atoms with Crippen molar-refractivity contribution in [1.82, 2.24) is 9.62 Å². The molecular formula is C21H27N3O4S. The Labute approximate surface area is 172 Å². The number of para-hydroxylation sites is 2. The van der Waals surface area contributed by atoms with Crippen molar-refractivity contribution < 1.29 is 17.9 Å². The number of carbonyl (C=O) groups excluding carboxylic acids is 1. The van der Waals surface area contributed by atoms with Gasteiger partial charge in [0.25, 0.3) is 0 Å². The van der Waals surface area contributed by atoms with Crippen LogP contribution in [0.5, 0.6) is 5.75 Å². The Morgan fingerprint density at radius 3 is 2.41 bits per heavy atom. The number of hydrogen-bond donors (Lipinski definition) is 2. The monoisotopic (exact) mass is 417 g/mol. The van der Waals surface area contributed by atoms with Crippen LogP contribution in [0.25, 0.3) is 0 Å². The normalized spacial score (nSPS) is 15.2. The van der Waals surface area contributed by atoms with Crippen LogP contribution in [0.2, 0.25) is 0 Å². The summed E-state index contributed by atoms with van der Waals surface area (Å²) >= 11 is 0. The van der Waals surface area contributed by atoms with E-state index in [2.05, 4.69) is 10.0 Å². The number of nitrogens with one attached hydrogen (secondary N) is 2. The largest absolute Gasteiger partial charge is 0.492 e. The molecule has 0 atom stereocenters. The van der Waals surface area contributed by atoms with Crippen LogP contribution in [0, 0.1) is 6.92 Å². The molecule has 0 bridgehead atoms. The Hall–Kier alpha value is -2.58. The van der Waals surface area contributed by atoms with Gasteiger partial charge in [-0.1, -0.05) is 29.8 Å². The first-order valence-electron chi connectivity index (χ1n) is 9.76. The highest BCUT2D eigenvalue weighted by Crippen LogP contribution is 2.24. The second-order valence-electron chi connectivity index (χ2n) is 7.05. The van der Waals surface area contributed by atoms with Crippen LogP contribution in [-0.4, -0.2) is 45.1 Å². The molecule has 2 aromatic rings. The molecule has 1 heterocycles. The average Bonchev–Trinajstić information content (AvgIpc) is 2.70. The van der Waals surface area contributed by atoms with E-state index in [1.54, 1.807) is 35.2 Å². The van der Waals surface area contributed by atoms with E-state index in [4.69, 9.17) is 4.74 Å². The van der Waals surface area contributed by atoms with E-state index in [1.807, 2.05) is 32.0 Å². The number of sulfonamides is 1. The molecule has 2 N–H and O–H groups in total. The summed E-state index contributed by atoms with van der Waals surface area (Å²) in [7, 11) is -3.56. The van der Waals surface area contributed by atoms with Crippen LogP contribution in [0.1, 0.15) is 25.3 Å². The number of piperidine rings is 1. The molecule has 29 heavy (non-hydrogen) atoms. The van der Waals surface area contributed by atoms with Gasteiger partial charge in [-0.25, -0.2) is 17.9 Å². The Morgan fingerprint density at radius 1 is 1.10 bits per heavy atom. The molecule has 0 spiro atoms. The van der Waals surface area contributed by atoms with Crippen molar-refractivity contribution in [2.75, 3.05) is 25.0 Å². The number of nitrogens with zero attached hydrogens (tertiary/aromatic N) is 1. The number of benzene rings is 2. The lowest BCUT2D eigenvalue weighted by Gasteiger charge is -2.32. The number of carbonyl (C=O) groups is 1. The number of aryl methyl sites for hydroxylation is 1. The second-order valence-corrected chi connectivity index (χ2v) is 8.77. The van der Waals surface area contributed by atoms with Crippen LogP contribution in [0.15, 0.2) is 53.4 Å². The Morgan fingerprint density at radius 2 is 1.76 bits per heavy atom. The smallest absolute Gasteiger partial charge is 0.321 e. The summed E-state index contributed by atoms with van der Waals surface area (Å²) in [5, 5.41) is 2.88. The molecule has 2 aromatic carbocycles. The van der Waals surface area contributed by atoms with Gasteiger partial charge in [0.15, 0.2) is 0 Å². The summed E-state index contributed by atoms with van der Waals surface area (Å²) < 4.78 is 33.4. The lowest BCUT2D eigenvalue weighted by atomic mass is 10.1. The summed E-state index contributed by atoms with van der Waals surface area (Å²) in [6.07, 6.45) is 1.12. The molecular weight excluding hydrogens is 390 g/mol. The van der Waals surface area contributed by atoms with Crippen molar-refractivity contribution in [1.29, 1.82) is 0 Å². The molecule has 0 unspecified atom stereocenters. The van der Waals surface area contributed by atoms with Gasteiger partial charge >= 0.3 is 6.03 Å². The predicted molar refractivity (Wildman–Crippen MR) is 113 cm³/mol. The van der Waals surface area contributed by atoms with Crippen LogP contribution in [-0.2, 0) is 10.0 Å². The molecule has 0 aromatic heterocycles. The number of anilines is 1. The van der Waals surface area contributed by atoms with E-state index in [-0.39, 0.29) is 17.0 Å². The molecule has 1 aliphatic heterocycles. The van der Waals surface area contributed by atoms with Crippen LogP contribution in [0.3, 0.4) is 0 Å². The van der Waals surface area contributed by atoms with E-state index >= 15 is 0 Å². The maximum atomic E-state index is 12.6. The molecule has 1 aliphatic rings. The minimum Gasteiger partial charge on any atom is -0.492 e. The lowest BCUT2D eigenvalue weighted by molar-refractivity contribution is 0.193. The van der Waals surface area contributed by atoms with Crippen molar-refractivity contribution in [2.24, 2.45) is 0 Å². The van der Waals surface area contributed by atoms with Crippen LogP contribution >= 0.6 is 0 Å². The van der Waals surface area contributed by atoms with Gasteiger partial charge in [0.2, 0.25) is 10.0 Å². The van der Waals surface area contributed by atoms with E-state index in [1.165, 1.54) is 0 Å². The number of rotatable bonds is 6. The van der Waals surface area contributed by atoms with Gasteiger partial charge in [0.05, 0.1) is 17.2 Å². The van der Waals surface area contributed by atoms with Gasteiger partial charge in [0.1, 0.15) is 5.75 Å².